The number of aliphatic hydroxyl groups is 1. The molecule has 0 fully saturated rings. The van der Waals surface area contributed by atoms with E-state index in [1.807, 2.05) is 13.0 Å². The fraction of sp³-hybridized carbons (Fsp3) is 0.692. The minimum atomic E-state index is -0.0149. The molecule has 0 saturated carbocycles. The van der Waals surface area contributed by atoms with Crippen LogP contribution in [0.4, 0.5) is 11.6 Å². The molecule has 0 saturated heterocycles. The number of anilines is 2. The molecule has 1 unspecified atom stereocenters. The van der Waals surface area contributed by atoms with Crippen LogP contribution in [0.3, 0.4) is 0 Å². The summed E-state index contributed by atoms with van der Waals surface area (Å²) in [5, 5.41) is 15.5. The van der Waals surface area contributed by atoms with Crippen molar-refractivity contribution in [1.82, 2.24) is 9.97 Å². The van der Waals surface area contributed by atoms with E-state index in [1.165, 1.54) is 0 Å². The normalized spacial score (nSPS) is 12.6. The van der Waals surface area contributed by atoms with Crippen molar-refractivity contribution >= 4 is 11.6 Å². The highest BCUT2D eigenvalue weighted by Gasteiger charge is 2.09. The minimum absolute atomic E-state index is 0.0149. The monoisotopic (exact) mass is 252 g/mol. The van der Waals surface area contributed by atoms with Crippen LogP contribution in [-0.2, 0) is 0 Å². The lowest BCUT2D eigenvalue weighted by atomic mass is 10.2. The number of hydrogen-bond acceptors (Lipinski definition) is 5. The molecule has 0 aliphatic rings. The molecule has 1 atom stereocenters. The quantitative estimate of drug-likeness (QED) is 0.694. The molecule has 0 aromatic carbocycles. The van der Waals surface area contributed by atoms with Crippen LogP contribution in [0.25, 0.3) is 0 Å². The van der Waals surface area contributed by atoms with E-state index in [0.29, 0.717) is 0 Å². The smallest absolute Gasteiger partial charge is 0.135 e. The summed E-state index contributed by atoms with van der Waals surface area (Å²) >= 11 is 0. The Morgan fingerprint density at radius 3 is 2.44 bits per heavy atom. The molecule has 0 radical (unpaired) electrons. The average molecular weight is 252 g/mol. The zero-order valence-corrected chi connectivity index (χ0v) is 11.7. The van der Waals surface area contributed by atoms with E-state index in [1.54, 1.807) is 0 Å². The zero-order chi connectivity index (χ0) is 13.5. The molecule has 102 valence electrons. The molecule has 1 heterocycles. The Labute approximate surface area is 109 Å². The molecular formula is C13H24N4O. The van der Waals surface area contributed by atoms with Crippen molar-refractivity contribution in [3.63, 3.8) is 0 Å². The van der Waals surface area contributed by atoms with E-state index >= 15 is 0 Å². The topological polar surface area (TPSA) is 70.1 Å². The maximum atomic E-state index is 9.06. The Morgan fingerprint density at radius 1 is 1.22 bits per heavy atom. The van der Waals surface area contributed by atoms with Crippen molar-refractivity contribution < 1.29 is 5.11 Å². The van der Waals surface area contributed by atoms with Crippen molar-refractivity contribution in [2.75, 3.05) is 23.8 Å². The summed E-state index contributed by atoms with van der Waals surface area (Å²) in [5.41, 5.74) is 0. The Morgan fingerprint density at radius 2 is 1.89 bits per heavy atom. The number of aromatic nitrogens is 2. The molecule has 3 N–H and O–H groups in total. The number of nitrogens with one attached hydrogen (secondary N) is 2. The van der Waals surface area contributed by atoms with Gasteiger partial charge in [-0.1, -0.05) is 20.8 Å². The van der Waals surface area contributed by atoms with Gasteiger partial charge < -0.3 is 15.7 Å². The Bertz CT molecular complexity index is 368. The highest BCUT2D eigenvalue weighted by Crippen LogP contribution is 2.17. The molecule has 0 aliphatic carbocycles. The summed E-state index contributed by atoms with van der Waals surface area (Å²) in [4.78, 5) is 8.93. The molecule has 0 spiro atoms. The van der Waals surface area contributed by atoms with Gasteiger partial charge in [-0.3, -0.25) is 0 Å². The van der Waals surface area contributed by atoms with Crippen LogP contribution in [0.2, 0.25) is 0 Å². The summed E-state index contributed by atoms with van der Waals surface area (Å²) in [6.45, 7) is 9.14. The second-order valence-electron chi connectivity index (χ2n) is 4.81. The maximum absolute atomic E-state index is 9.06. The minimum Gasteiger partial charge on any atom is -0.394 e. The standard InChI is InChI=1S/C13H24N4O/c1-5-6-14-11-7-12(15-10(4)8-18)17-13(16-11)9(2)3/h7,9-10,18H,5-6,8H2,1-4H3,(H2,14,15,16,17). The van der Waals surface area contributed by atoms with E-state index in [-0.39, 0.29) is 18.6 Å². The number of nitrogens with zero attached hydrogens (tertiary/aromatic N) is 2. The highest BCUT2D eigenvalue weighted by atomic mass is 16.3. The second kappa shape index (κ2) is 7.16. The highest BCUT2D eigenvalue weighted by molar-refractivity contribution is 5.48. The van der Waals surface area contributed by atoms with Gasteiger partial charge in [0.15, 0.2) is 0 Å². The molecule has 1 aromatic rings. The molecule has 1 rings (SSSR count). The van der Waals surface area contributed by atoms with E-state index in [9.17, 15) is 0 Å². The van der Waals surface area contributed by atoms with E-state index in [0.717, 1.165) is 30.4 Å². The molecule has 0 aliphatic heterocycles. The van der Waals surface area contributed by atoms with Crippen molar-refractivity contribution in [2.45, 2.75) is 46.1 Å². The summed E-state index contributed by atoms with van der Waals surface area (Å²) in [6, 6.07) is 1.87. The van der Waals surface area contributed by atoms with Crippen molar-refractivity contribution in [3.8, 4) is 0 Å². The van der Waals surface area contributed by atoms with Crippen LogP contribution in [0, 0.1) is 0 Å². The van der Waals surface area contributed by atoms with Gasteiger partial charge in [0.2, 0.25) is 0 Å². The molecule has 18 heavy (non-hydrogen) atoms. The van der Waals surface area contributed by atoms with Gasteiger partial charge in [0.25, 0.3) is 0 Å². The lowest BCUT2D eigenvalue weighted by Gasteiger charge is -2.15. The first-order valence-corrected chi connectivity index (χ1v) is 6.57. The van der Waals surface area contributed by atoms with Gasteiger partial charge in [0, 0.05) is 24.6 Å². The average Bonchev–Trinajstić information content (AvgIpc) is 2.35. The van der Waals surface area contributed by atoms with Crippen LogP contribution >= 0.6 is 0 Å². The van der Waals surface area contributed by atoms with Crippen LogP contribution in [0.5, 0.6) is 0 Å². The van der Waals surface area contributed by atoms with E-state index in [4.69, 9.17) is 5.11 Å². The van der Waals surface area contributed by atoms with Gasteiger partial charge in [-0.25, -0.2) is 9.97 Å². The first kappa shape index (κ1) is 14.7. The Balaban J connectivity index is 2.90. The fourth-order valence-electron chi connectivity index (χ4n) is 1.44. The SMILES string of the molecule is CCCNc1cc(NC(C)CO)nc(C(C)C)n1. The molecule has 0 bridgehead atoms. The summed E-state index contributed by atoms with van der Waals surface area (Å²) in [7, 11) is 0. The second-order valence-corrected chi connectivity index (χ2v) is 4.81. The number of rotatable bonds is 7. The van der Waals surface area contributed by atoms with Crippen LogP contribution in [0.1, 0.15) is 45.9 Å². The maximum Gasteiger partial charge on any atom is 0.135 e. The molecule has 1 aromatic heterocycles. The first-order valence-electron chi connectivity index (χ1n) is 6.57. The molecular weight excluding hydrogens is 228 g/mol. The van der Waals surface area contributed by atoms with Gasteiger partial charge in [-0.15, -0.1) is 0 Å². The Kier molecular flexibility index (Phi) is 5.85. The van der Waals surface area contributed by atoms with Crippen molar-refractivity contribution in [3.05, 3.63) is 11.9 Å². The lowest BCUT2D eigenvalue weighted by molar-refractivity contribution is 0.281. The third kappa shape index (κ3) is 4.49. The van der Waals surface area contributed by atoms with Gasteiger partial charge in [-0.2, -0.15) is 0 Å². The molecule has 5 heteroatoms. The predicted molar refractivity (Wildman–Crippen MR) is 75.1 cm³/mol. The summed E-state index contributed by atoms with van der Waals surface area (Å²) < 4.78 is 0. The third-order valence-corrected chi connectivity index (χ3v) is 2.48. The van der Waals surface area contributed by atoms with Crippen LogP contribution in [-0.4, -0.2) is 34.3 Å². The largest absolute Gasteiger partial charge is 0.394 e. The van der Waals surface area contributed by atoms with Gasteiger partial charge >= 0.3 is 0 Å². The predicted octanol–water partition coefficient (Wildman–Crippen LogP) is 2.21. The van der Waals surface area contributed by atoms with Crippen molar-refractivity contribution in [2.24, 2.45) is 0 Å². The lowest BCUT2D eigenvalue weighted by Crippen LogP contribution is -2.21. The van der Waals surface area contributed by atoms with E-state index < -0.39 is 0 Å². The van der Waals surface area contributed by atoms with Gasteiger partial charge in [-0.05, 0) is 13.3 Å². The number of aliphatic hydroxyl groups excluding tert-OH is 1. The van der Waals surface area contributed by atoms with Crippen molar-refractivity contribution in [1.29, 1.82) is 0 Å². The van der Waals surface area contributed by atoms with Crippen LogP contribution in [0.15, 0.2) is 6.07 Å². The van der Waals surface area contributed by atoms with Gasteiger partial charge in [0.05, 0.1) is 6.61 Å². The molecule has 5 nitrogen and oxygen atoms in total. The van der Waals surface area contributed by atoms with Gasteiger partial charge in [0.1, 0.15) is 17.5 Å². The third-order valence-electron chi connectivity index (χ3n) is 2.48. The van der Waals surface area contributed by atoms with E-state index in [2.05, 4.69) is 41.4 Å². The fourth-order valence-corrected chi connectivity index (χ4v) is 1.44. The summed E-state index contributed by atoms with van der Waals surface area (Å²) in [5.74, 6) is 2.68. The Hall–Kier alpha value is -1.36. The van der Waals surface area contributed by atoms with Crippen LogP contribution < -0.4 is 10.6 Å². The zero-order valence-electron chi connectivity index (χ0n) is 11.7. The molecule has 0 amide bonds. The first-order chi connectivity index (χ1) is 8.56. The summed E-state index contributed by atoms with van der Waals surface area (Å²) in [6.07, 6.45) is 1.05. The number of hydrogen-bond donors (Lipinski definition) is 3.